The van der Waals surface area contributed by atoms with Crippen molar-refractivity contribution >= 4 is 44.5 Å². The minimum atomic E-state index is -5.43. The second kappa shape index (κ2) is 4.90. The Morgan fingerprint density at radius 2 is 1.94 bits per heavy atom. The first-order valence-electron chi connectivity index (χ1n) is 4.23. The summed E-state index contributed by atoms with van der Waals surface area (Å²) in [4.78, 5) is -0.946. The lowest BCUT2D eigenvalue weighted by molar-refractivity contribution is -0.0435. The van der Waals surface area contributed by atoms with Crippen LogP contribution in [0.5, 0.6) is 0 Å². The molecule has 0 radical (unpaired) electrons. The van der Waals surface area contributed by atoms with E-state index in [1.54, 1.807) is 0 Å². The van der Waals surface area contributed by atoms with Crippen LogP contribution in [0, 0.1) is 0 Å². The highest BCUT2D eigenvalue weighted by molar-refractivity contribution is 7.92. The van der Waals surface area contributed by atoms with Crippen molar-refractivity contribution in [3.8, 4) is 0 Å². The van der Waals surface area contributed by atoms with Gasteiger partial charge in [0.2, 0.25) is 0 Å². The van der Waals surface area contributed by atoms with Crippen LogP contribution < -0.4 is 11.1 Å². The van der Waals surface area contributed by atoms with Crippen molar-refractivity contribution in [3.63, 3.8) is 0 Å². The van der Waals surface area contributed by atoms with E-state index in [-0.39, 0.29) is 15.8 Å². The summed E-state index contributed by atoms with van der Waals surface area (Å²) >= 11 is 10.1. The number of anilines is 1. The molecule has 0 saturated carbocycles. The highest BCUT2D eigenvalue weighted by atomic mass is 35.5. The number of hydrogen-bond donors (Lipinski definition) is 2. The van der Waals surface area contributed by atoms with E-state index in [2.05, 4.69) is 17.5 Å². The molecule has 0 unspecified atom stereocenters. The van der Waals surface area contributed by atoms with Gasteiger partial charge in [0.25, 0.3) is 9.84 Å². The zero-order valence-electron chi connectivity index (χ0n) is 8.45. The standard InChI is InChI=1S/C8H6ClF3N2O2S2/c9-5-2-1-4(3-6(5)14-7(13)17)18(15,16)8(10,11)12/h1-3H,(H3,13,14,17). The third kappa shape index (κ3) is 3.03. The van der Waals surface area contributed by atoms with Crippen molar-refractivity contribution < 1.29 is 21.6 Å². The lowest BCUT2D eigenvalue weighted by atomic mass is 10.3. The van der Waals surface area contributed by atoms with Crippen LogP contribution in [-0.4, -0.2) is 19.0 Å². The molecule has 1 aromatic rings. The highest BCUT2D eigenvalue weighted by Crippen LogP contribution is 2.33. The van der Waals surface area contributed by atoms with Gasteiger partial charge in [-0.25, -0.2) is 8.42 Å². The number of halogens is 4. The van der Waals surface area contributed by atoms with E-state index >= 15 is 0 Å². The number of alkyl halides is 3. The Balaban J connectivity index is 3.34. The molecule has 100 valence electrons. The molecule has 0 aromatic heterocycles. The number of sulfone groups is 1. The van der Waals surface area contributed by atoms with Crippen LogP contribution >= 0.6 is 23.8 Å². The normalized spacial score (nSPS) is 12.2. The molecule has 1 rings (SSSR count). The van der Waals surface area contributed by atoms with E-state index in [1.165, 1.54) is 0 Å². The predicted octanol–water partition coefficient (Wildman–Crippen LogP) is 2.29. The van der Waals surface area contributed by atoms with Crippen molar-refractivity contribution in [1.82, 2.24) is 0 Å². The molecule has 0 heterocycles. The summed E-state index contributed by atoms with van der Waals surface area (Å²) in [5.41, 5.74) is -0.375. The number of rotatable bonds is 2. The van der Waals surface area contributed by atoms with Gasteiger partial charge < -0.3 is 11.1 Å². The first kappa shape index (κ1) is 15.0. The molecule has 18 heavy (non-hydrogen) atoms. The van der Waals surface area contributed by atoms with E-state index in [0.717, 1.165) is 12.1 Å². The van der Waals surface area contributed by atoms with Gasteiger partial charge in [0.1, 0.15) is 0 Å². The number of hydrogen-bond acceptors (Lipinski definition) is 3. The summed E-state index contributed by atoms with van der Waals surface area (Å²) in [5.74, 6) is 0. The van der Waals surface area contributed by atoms with Gasteiger partial charge in [-0.2, -0.15) is 13.2 Å². The van der Waals surface area contributed by atoms with Crippen LogP contribution in [0.2, 0.25) is 5.02 Å². The topological polar surface area (TPSA) is 72.2 Å². The van der Waals surface area contributed by atoms with Crippen LogP contribution in [-0.2, 0) is 9.84 Å². The van der Waals surface area contributed by atoms with Gasteiger partial charge in [0.15, 0.2) is 5.11 Å². The molecule has 4 nitrogen and oxygen atoms in total. The van der Waals surface area contributed by atoms with Crippen molar-refractivity contribution in [2.45, 2.75) is 10.4 Å². The second-order valence-corrected chi connectivity index (χ2v) is 5.87. The van der Waals surface area contributed by atoms with Crippen LogP contribution in [0.1, 0.15) is 0 Å². The minimum absolute atomic E-state index is 0.0103. The average molecular weight is 319 g/mol. The van der Waals surface area contributed by atoms with Gasteiger partial charge in [-0.1, -0.05) is 11.6 Å². The van der Waals surface area contributed by atoms with Crippen LogP contribution in [0.15, 0.2) is 23.1 Å². The molecule has 3 N–H and O–H groups in total. The predicted molar refractivity (Wildman–Crippen MR) is 65.1 cm³/mol. The molecule has 10 heteroatoms. The maximum atomic E-state index is 12.3. The fourth-order valence-electron chi connectivity index (χ4n) is 1.03. The Kier molecular flexibility index (Phi) is 4.08. The molecule has 0 atom stereocenters. The Labute approximate surface area is 111 Å². The highest BCUT2D eigenvalue weighted by Gasteiger charge is 2.47. The molecule has 0 spiro atoms. The molecule has 0 aliphatic rings. The first-order valence-corrected chi connectivity index (χ1v) is 6.50. The van der Waals surface area contributed by atoms with E-state index in [1.807, 2.05) is 0 Å². The number of thiocarbonyl (C=S) groups is 1. The summed E-state index contributed by atoms with van der Waals surface area (Å²) in [5, 5.41) is 2.02. The Bertz CT molecular complexity index is 586. The summed E-state index contributed by atoms with van der Waals surface area (Å²) in [7, 11) is -5.43. The SMILES string of the molecule is NC(=S)Nc1cc(S(=O)(=O)C(F)(F)F)ccc1Cl. The smallest absolute Gasteiger partial charge is 0.376 e. The Morgan fingerprint density at radius 1 is 1.39 bits per heavy atom. The number of nitrogens with one attached hydrogen (secondary N) is 1. The molecule has 0 aliphatic heterocycles. The minimum Gasteiger partial charge on any atom is -0.376 e. The summed E-state index contributed by atoms with van der Waals surface area (Å²) in [6.07, 6.45) is 0. The summed E-state index contributed by atoms with van der Waals surface area (Å²) in [6.45, 7) is 0. The maximum absolute atomic E-state index is 12.3. The third-order valence-corrected chi connectivity index (χ3v) is 3.73. The molecule has 0 saturated heterocycles. The molecule has 0 amide bonds. The van der Waals surface area contributed by atoms with E-state index < -0.39 is 20.2 Å². The van der Waals surface area contributed by atoms with Crippen molar-refractivity contribution in [1.29, 1.82) is 0 Å². The largest absolute Gasteiger partial charge is 0.501 e. The van der Waals surface area contributed by atoms with Gasteiger partial charge in [-0.15, -0.1) is 0 Å². The lowest BCUT2D eigenvalue weighted by Gasteiger charge is -2.11. The van der Waals surface area contributed by atoms with E-state index in [4.69, 9.17) is 17.3 Å². The molecular weight excluding hydrogens is 313 g/mol. The van der Waals surface area contributed by atoms with Crippen LogP contribution in [0.4, 0.5) is 18.9 Å². The zero-order chi connectivity index (χ0) is 14.1. The monoisotopic (exact) mass is 318 g/mol. The maximum Gasteiger partial charge on any atom is 0.501 e. The number of benzene rings is 1. The van der Waals surface area contributed by atoms with Crippen LogP contribution in [0.3, 0.4) is 0 Å². The van der Waals surface area contributed by atoms with Gasteiger partial charge in [-0.3, -0.25) is 0 Å². The van der Waals surface area contributed by atoms with E-state index in [9.17, 15) is 21.6 Å². The summed E-state index contributed by atoms with van der Waals surface area (Å²) < 4.78 is 59.3. The van der Waals surface area contributed by atoms with Gasteiger partial charge >= 0.3 is 5.51 Å². The molecular formula is C8H6ClF3N2O2S2. The molecule has 0 bridgehead atoms. The third-order valence-electron chi connectivity index (χ3n) is 1.81. The quantitative estimate of drug-likeness (QED) is 0.819. The first-order chi connectivity index (χ1) is 8.05. The molecule has 0 aliphatic carbocycles. The Hall–Kier alpha value is -1.06. The van der Waals surface area contributed by atoms with Crippen molar-refractivity contribution in [2.24, 2.45) is 5.73 Å². The van der Waals surface area contributed by atoms with Gasteiger partial charge in [0.05, 0.1) is 15.6 Å². The average Bonchev–Trinajstić information content (AvgIpc) is 2.18. The van der Waals surface area contributed by atoms with Gasteiger partial charge in [-0.05, 0) is 30.4 Å². The fraction of sp³-hybridized carbons (Fsp3) is 0.125. The molecule has 1 aromatic carbocycles. The van der Waals surface area contributed by atoms with Crippen molar-refractivity contribution in [2.75, 3.05) is 5.32 Å². The summed E-state index contributed by atoms with van der Waals surface area (Å²) in [6, 6.07) is 2.46. The van der Waals surface area contributed by atoms with E-state index in [0.29, 0.717) is 6.07 Å². The lowest BCUT2D eigenvalue weighted by Crippen LogP contribution is -2.24. The number of nitrogens with two attached hydrogens (primary N) is 1. The zero-order valence-corrected chi connectivity index (χ0v) is 10.8. The molecule has 0 fully saturated rings. The fourth-order valence-corrected chi connectivity index (χ4v) is 2.10. The van der Waals surface area contributed by atoms with Crippen molar-refractivity contribution in [3.05, 3.63) is 23.2 Å². The van der Waals surface area contributed by atoms with Crippen LogP contribution in [0.25, 0.3) is 0 Å². The van der Waals surface area contributed by atoms with Gasteiger partial charge in [0, 0.05) is 0 Å². The Morgan fingerprint density at radius 3 is 2.39 bits per heavy atom. The second-order valence-electron chi connectivity index (χ2n) is 3.08.